The van der Waals surface area contributed by atoms with E-state index in [1.807, 2.05) is 55.1 Å². The lowest BCUT2D eigenvalue weighted by atomic mass is 10.2. The lowest BCUT2D eigenvalue weighted by molar-refractivity contribution is 0.258. The van der Waals surface area contributed by atoms with E-state index in [2.05, 4.69) is 15.4 Å². The maximum atomic E-state index is 12.6. The predicted molar refractivity (Wildman–Crippen MR) is 102 cm³/mol. The van der Waals surface area contributed by atoms with Gasteiger partial charge in [-0.15, -0.1) is 11.3 Å². The minimum absolute atomic E-state index is 0.207. The second-order valence-electron chi connectivity index (χ2n) is 5.93. The number of carbonyl (C=O) groups excluding carboxylic acids is 1. The van der Waals surface area contributed by atoms with E-state index in [0.717, 1.165) is 38.2 Å². The first-order valence-electron chi connectivity index (χ1n) is 7.84. The smallest absolute Gasteiger partial charge is 0.307 e. The summed E-state index contributed by atoms with van der Waals surface area (Å²) >= 11 is 1.58. The second kappa shape index (κ2) is 5.86. The fourth-order valence-corrected chi connectivity index (χ4v) is 3.45. The number of nitrogens with one attached hydrogen (secondary N) is 1. The number of hydrogen-bond acceptors (Lipinski definition) is 4. The van der Waals surface area contributed by atoms with Crippen LogP contribution in [-0.4, -0.2) is 27.8 Å². The van der Waals surface area contributed by atoms with Crippen LogP contribution in [-0.2, 0) is 7.05 Å². The highest BCUT2D eigenvalue weighted by Crippen LogP contribution is 2.25. The van der Waals surface area contributed by atoms with Crippen molar-refractivity contribution in [3.8, 4) is 0 Å². The van der Waals surface area contributed by atoms with Gasteiger partial charge in [0.25, 0.3) is 0 Å². The molecule has 0 atom stereocenters. The van der Waals surface area contributed by atoms with Gasteiger partial charge in [0.05, 0.1) is 21.2 Å². The van der Waals surface area contributed by atoms with E-state index in [1.165, 1.54) is 0 Å². The number of rotatable bonds is 2. The Morgan fingerprint density at radius 2 is 2.04 bits per heavy atom. The molecular formula is C18H17N5OS. The van der Waals surface area contributed by atoms with Gasteiger partial charge in [0.15, 0.2) is 0 Å². The van der Waals surface area contributed by atoms with Crippen LogP contribution in [0.4, 0.5) is 16.2 Å². The molecule has 2 amide bonds. The Bertz CT molecular complexity index is 1100. The van der Waals surface area contributed by atoms with Crippen LogP contribution in [0, 0.1) is 6.92 Å². The van der Waals surface area contributed by atoms with Crippen molar-refractivity contribution < 1.29 is 4.79 Å². The molecule has 0 saturated heterocycles. The quantitative estimate of drug-likeness (QED) is 0.590. The maximum absolute atomic E-state index is 12.6. The van der Waals surface area contributed by atoms with E-state index in [4.69, 9.17) is 0 Å². The van der Waals surface area contributed by atoms with Crippen molar-refractivity contribution in [2.24, 2.45) is 7.05 Å². The zero-order valence-electron chi connectivity index (χ0n) is 14.1. The van der Waals surface area contributed by atoms with Crippen molar-refractivity contribution >= 4 is 49.9 Å². The van der Waals surface area contributed by atoms with Crippen LogP contribution < -0.4 is 10.2 Å². The largest absolute Gasteiger partial charge is 0.326 e. The van der Waals surface area contributed by atoms with Crippen LogP contribution in [0.5, 0.6) is 0 Å². The number of anilines is 2. The number of amides is 2. The topological polar surface area (TPSA) is 63.1 Å². The fraction of sp³-hybridized carbons (Fsp3) is 0.167. The molecule has 2 aromatic heterocycles. The predicted octanol–water partition coefficient (Wildman–Crippen LogP) is 4.16. The molecule has 0 aliphatic rings. The second-order valence-corrected chi connectivity index (χ2v) is 6.82. The zero-order valence-corrected chi connectivity index (χ0v) is 15.0. The summed E-state index contributed by atoms with van der Waals surface area (Å²) in [5, 5.41) is 8.48. The van der Waals surface area contributed by atoms with Crippen molar-refractivity contribution in [1.29, 1.82) is 0 Å². The van der Waals surface area contributed by atoms with Crippen LogP contribution in [0.15, 0.2) is 41.9 Å². The van der Waals surface area contributed by atoms with Gasteiger partial charge in [-0.3, -0.25) is 9.58 Å². The first-order valence-corrected chi connectivity index (χ1v) is 8.72. The summed E-state index contributed by atoms with van der Waals surface area (Å²) in [7, 11) is 3.66. The van der Waals surface area contributed by atoms with Gasteiger partial charge in [-0.25, -0.2) is 9.78 Å². The van der Waals surface area contributed by atoms with Crippen LogP contribution in [0.3, 0.4) is 0 Å². The van der Waals surface area contributed by atoms with Crippen molar-refractivity contribution in [2.45, 2.75) is 6.92 Å². The Balaban J connectivity index is 1.58. The minimum Gasteiger partial charge on any atom is -0.307 e. The van der Waals surface area contributed by atoms with Crippen molar-refractivity contribution in [3.63, 3.8) is 0 Å². The molecule has 2 heterocycles. The van der Waals surface area contributed by atoms with Crippen LogP contribution in [0.2, 0.25) is 0 Å². The fourth-order valence-electron chi connectivity index (χ4n) is 2.79. The third-order valence-corrected chi connectivity index (χ3v) is 5.20. The Morgan fingerprint density at radius 3 is 2.88 bits per heavy atom. The van der Waals surface area contributed by atoms with E-state index >= 15 is 0 Å². The highest BCUT2D eigenvalue weighted by molar-refractivity contribution is 7.16. The van der Waals surface area contributed by atoms with Crippen LogP contribution in [0.1, 0.15) is 5.69 Å². The highest BCUT2D eigenvalue weighted by Gasteiger charge is 2.14. The van der Waals surface area contributed by atoms with Crippen molar-refractivity contribution in [3.05, 3.63) is 47.6 Å². The summed E-state index contributed by atoms with van der Waals surface area (Å²) < 4.78 is 2.94. The van der Waals surface area contributed by atoms with Gasteiger partial charge >= 0.3 is 6.03 Å². The standard InChI is InChI=1S/C18H17N5OS/c1-11-14-6-5-13(9-15(14)21-23(11)3)22(2)18(24)20-12-4-7-17-16(8-12)19-10-25-17/h4-10H,1-3H3,(H,20,24). The van der Waals surface area contributed by atoms with Crippen molar-refractivity contribution in [2.75, 3.05) is 17.3 Å². The number of hydrogen-bond donors (Lipinski definition) is 1. The molecule has 4 rings (SSSR count). The SMILES string of the molecule is Cc1c2ccc(N(C)C(=O)Nc3ccc4scnc4c3)cc2nn1C. The lowest BCUT2D eigenvalue weighted by Gasteiger charge is -2.18. The van der Waals surface area contributed by atoms with Gasteiger partial charge in [0.2, 0.25) is 0 Å². The Hall–Kier alpha value is -2.93. The molecule has 0 fully saturated rings. The summed E-state index contributed by atoms with van der Waals surface area (Å²) in [6.07, 6.45) is 0. The minimum atomic E-state index is -0.207. The number of benzene rings is 2. The number of carbonyl (C=O) groups is 1. The van der Waals surface area contributed by atoms with E-state index in [9.17, 15) is 4.79 Å². The monoisotopic (exact) mass is 351 g/mol. The number of aryl methyl sites for hydroxylation is 2. The number of nitrogens with zero attached hydrogens (tertiary/aromatic N) is 4. The third kappa shape index (κ3) is 2.72. The molecular weight excluding hydrogens is 334 g/mol. The molecule has 0 bridgehead atoms. The number of fused-ring (bicyclic) bond motifs is 2. The molecule has 0 spiro atoms. The normalized spacial score (nSPS) is 11.2. The lowest BCUT2D eigenvalue weighted by Crippen LogP contribution is -2.31. The summed E-state index contributed by atoms with van der Waals surface area (Å²) in [5.74, 6) is 0. The van der Waals surface area contributed by atoms with Crippen LogP contribution in [0.25, 0.3) is 21.1 Å². The van der Waals surface area contributed by atoms with Gasteiger partial charge in [-0.1, -0.05) is 0 Å². The van der Waals surface area contributed by atoms with Crippen LogP contribution >= 0.6 is 11.3 Å². The molecule has 0 aliphatic heterocycles. The maximum Gasteiger partial charge on any atom is 0.326 e. The average molecular weight is 351 g/mol. The van der Waals surface area contributed by atoms with Gasteiger partial charge < -0.3 is 5.32 Å². The molecule has 25 heavy (non-hydrogen) atoms. The third-order valence-electron chi connectivity index (χ3n) is 4.39. The van der Waals surface area contributed by atoms with E-state index in [-0.39, 0.29) is 6.03 Å². The Morgan fingerprint density at radius 1 is 1.20 bits per heavy atom. The van der Waals surface area contributed by atoms with E-state index < -0.39 is 0 Å². The zero-order chi connectivity index (χ0) is 17.6. The van der Waals surface area contributed by atoms with Gasteiger partial charge in [-0.05, 0) is 43.3 Å². The highest BCUT2D eigenvalue weighted by atomic mass is 32.1. The summed E-state index contributed by atoms with van der Waals surface area (Å²) in [6, 6.07) is 11.4. The number of urea groups is 1. The molecule has 126 valence electrons. The molecule has 1 N–H and O–H groups in total. The molecule has 0 unspecified atom stereocenters. The first kappa shape index (κ1) is 15.6. The van der Waals surface area contributed by atoms with E-state index in [0.29, 0.717) is 0 Å². The molecule has 7 heteroatoms. The molecule has 6 nitrogen and oxygen atoms in total. The number of aromatic nitrogens is 3. The Labute approximate surface area is 148 Å². The number of thiazole rings is 1. The summed E-state index contributed by atoms with van der Waals surface area (Å²) in [6.45, 7) is 2.03. The first-order chi connectivity index (χ1) is 12.0. The van der Waals surface area contributed by atoms with E-state index in [1.54, 1.807) is 28.8 Å². The van der Waals surface area contributed by atoms with Crippen molar-refractivity contribution in [1.82, 2.24) is 14.8 Å². The molecule has 2 aromatic carbocycles. The average Bonchev–Trinajstić information content (AvgIpc) is 3.18. The molecule has 0 radical (unpaired) electrons. The van der Waals surface area contributed by atoms with Gasteiger partial charge in [0.1, 0.15) is 0 Å². The molecule has 4 aromatic rings. The Kier molecular flexibility index (Phi) is 3.65. The summed E-state index contributed by atoms with van der Waals surface area (Å²) in [4.78, 5) is 18.4. The van der Waals surface area contributed by atoms with Gasteiger partial charge in [-0.2, -0.15) is 5.10 Å². The summed E-state index contributed by atoms with van der Waals surface area (Å²) in [5.41, 5.74) is 6.18. The molecule has 0 saturated carbocycles. The molecule has 0 aliphatic carbocycles. The van der Waals surface area contributed by atoms with Gasteiger partial charge in [0, 0.05) is 36.6 Å².